The van der Waals surface area contributed by atoms with Crippen molar-refractivity contribution in [3.05, 3.63) is 29.8 Å². The minimum absolute atomic E-state index is 0. The first-order valence-corrected chi connectivity index (χ1v) is 8.88. The first-order chi connectivity index (χ1) is 12.1. The molecule has 7 heteroatoms. The van der Waals surface area contributed by atoms with E-state index in [9.17, 15) is 0 Å². The van der Waals surface area contributed by atoms with Crippen molar-refractivity contribution in [2.45, 2.75) is 31.9 Å². The monoisotopic (exact) mass is 477 g/mol. The molecule has 0 aromatic heterocycles. The Kier molecular flexibility index (Phi) is 10.3. The highest BCUT2D eigenvalue weighted by atomic mass is 127. The Balaban J connectivity index is 0.00000338. The maximum atomic E-state index is 5.78. The Morgan fingerprint density at radius 1 is 1.23 bits per heavy atom. The number of ether oxygens (including phenoxy) is 3. The number of hydrogen-bond donors (Lipinski definition) is 1. The Hall–Kier alpha value is -1.06. The summed E-state index contributed by atoms with van der Waals surface area (Å²) in [4.78, 5) is 6.97. The van der Waals surface area contributed by atoms with Crippen molar-refractivity contribution in [2.75, 3.05) is 47.6 Å². The van der Waals surface area contributed by atoms with Crippen LogP contribution in [0.1, 0.15) is 25.3 Å². The Morgan fingerprint density at radius 2 is 1.88 bits per heavy atom. The van der Waals surface area contributed by atoms with E-state index in [1.165, 1.54) is 5.56 Å². The molecule has 1 heterocycles. The van der Waals surface area contributed by atoms with Gasteiger partial charge in [0.05, 0.1) is 19.3 Å². The van der Waals surface area contributed by atoms with E-state index in [2.05, 4.69) is 36.3 Å². The molecule has 1 aromatic carbocycles. The van der Waals surface area contributed by atoms with E-state index in [1.54, 1.807) is 14.2 Å². The second-order valence-corrected chi connectivity index (χ2v) is 6.37. The van der Waals surface area contributed by atoms with E-state index >= 15 is 0 Å². The van der Waals surface area contributed by atoms with Gasteiger partial charge in [-0.25, -0.2) is 0 Å². The van der Waals surface area contributed by atoms with Gasteiger partial charge in [-0.15, -0.1) is 24.0 Å². The lowest BCUT2D eigenvalue weighted by Crippen LogP contribution is -2.44. The molecule has 1 aliphatic heterocycles. The van der Waals surface area contributed by atoms with Gasteiger partial charge in [0.25, 0.3) is 0 Å². The fourth-order valence-corrected chi connectivity index (χ4v) is 2.94. The second-order valence-electron chi connectivity index (χ2n) is 6.37. The van der Waals surface area contributed by atoms with Crippen molar-refractivity contribution >= 4 is 29.9 Å². The van der Waals surface area contributed by atoms with Crippen LogP contribution in [0.5, 0.6) is 5.75 Å². The van der Waals surface area contributed by atoms with Crippen LogP contribution in [0.2, 0.25) is 0 Å². The summed E-state index contributed by atoms with van der Waals surface area (Å²) in [7, 11) is 5.50. The summed E-state index contributed by atoms with van der Waals surface area (Å²) in [5.41, 5.74) is 1.00. The fourth-order valence-electron chi connectivity index (χ4n) is 2.94. The summed E-state index contributed by atoms with van der Waals surface area (Å²) < 4.78 is 16.5. The van der Waals surface area contributed by atoms with Gasteiger partial charge in [0.15, 0.2) is 5.96 Å². The Bertz CT molecular complexity index is 545. The van der Waals surface area contributed by atoms with Crippen LogP contribution in [0.15, 0.2) is 29.3 Å². The van der Waals surface area contributed by atoms with E-state index in [0.717, 1.165) is 50.9 Å². The Labute approximate surface area is 174 Å². The maximum Gasteiger partial charge on any atom is 0.194 e. The summed E-state index contributed by atoms with van der Waals surface area (Å²) >= 11 is 0. The largest absolute Gasteiger partial charge is 0.497 e. The van der Waals surface area contributed by atoms with E-state index in [-0.39, 0.29) is 29.6 Å². The van der Waals surface area contributed by atoms with Crippen molar-refractivity contribution < 1.29 is 14.2 Å². The summed E-state index contributed by atoms with van der Waals surface area (Å²) in [6, 6.07) is 8.12. The molecule has 0 spiro atoms. The number of rotatable bonds is 7. The van der Waals surface area contributed by atoms with Gasteiger partial charge in [0, 0.05) is 53.3 Å². The second kappa shape index (κ2) is 11.6. The van der Waals surface area contributed by atoms with Crippen molar-refractivity contribution in [3.63, 3.8) is 0 Å². The number of aliphatic imine (C=N–C) groups is 1. The lowest BCUT2D eigenvalue weighted by atomic mass is 9.94. The zero-order valence-corrected chi connectivity index (χ0v) is 18.6. The van der Waals surface area contributed by atoms with Gasteiger partial charge in [0.1, 0.15) is 5.75 Å². The van der Waals surface area contributed by atoms with Gasteiger partial charge >= 0.3 is 0 Å². The van der Waals surface area contributed by atoms with Crippen molar-refractivity contribution in [2.24, 2.45) is 4.99 Å². The highest BCUT2D eigenvalue weighted by Gasteiger charge is 2.32. The van der Waals surface area contributed by atoms with Gasteiger partial charge in [0.2, 0.25) is 0 Å². The number of halogens is 1. The molecule has 2 rings (SSSR count). The predicted octanol–water partition coefficient (Wildman–Crippen LogP) is 2.91. The van der Waals surface area contributed by atoms with Gasteiger partial charge in [-0.1, -0.05) is 12.1 Å². The minimum atomic E-state index is -0.208. The molecule has 0 atom stereocenters. The molecule has 1 aromatic rings. The number of benzene rings is 1. The molecular formula is C19H32IN3O3. The molecule has 1 fully saturated rings. The minimum Gasteiger partial charge on any atom is -0.497 e. The predicted molar refractivity (Wildman–Crippen MR) is 116 cm³/mol. The average molecular weight is 477 g/mol. The first kappa shape index (κ1) is 23.0. The first-order valence-electron chi connectivity index (χ1n) is 8.88. The number of nitrogens with zero attached hydrogens (tertiary/aromatic N) is 2. The number of guanidine groups is 1. The standard InChI is InChI=1S/C19H31N3O3.HI/c1-5-20-18(21-15-19(24-4)10-12-25-13-11-19)22(2)14-16-6-8-17(23-3)9-7-16;/h6-9H,5,10-15H2,1-4H3,(H,20,21);1H. The molecule has 148 valence electrons. The van der Waals surface area contributed by atoms with Crippen molar-refractivity contribution in [1.29, 1.82) is 0 Å². The van der Waals surface area contributed by atoms with E-state index < -0.39 is 0 Å². The van der Waals surface area contributed by atoms with Crippen molar-refractivity contribution in [1.82, 2.24) is 10.2 Å². The lowest BCUT2D eigenvalue weighted by Gasteiger charge is -2.35. The molecule has 1 N–H and O–H groups in total. The van der Waals surface area contributed by atoms with Crippen LogP contribution in [-0.2, 0) is 16.0 Å². The zero-order chi connectivity index (χ0) is 18.1. The third kappa shape index (κ3) is 6.59. The van der Waals surface area contributed by atoms with Gasteiger partial charge < -0.3 is 24.4 Å². The molecule has 0 radical (unpaired) electrons. The molecular weight excluding hydrogens is 445 g/mol. The fraction of sp³-hybridized carbons (Fsp3) is 0.632. The summed E-state index contributed by atoms with van der Waals surface area (Å²) in [6.45, 7) is 5.80. The highest BCUT2D eigenvalue weighted by molar-refractivity contribution is 14.0. The van der Waals surface area contributed by atoms with E-state index in [0.29, 0.717) is 6.54 Å². The van der Waals surface area contributed by atoms with Crippen LogP contribution in [0.3, 0.4) is 0 Å². The van der Waals surface area contributed by atoms with Crippen molar-refractivity contribution in [3.8, 4) is 5.75 Å². The Morgan fingerprint density at radius 3 is 2.42 bits per heavy atom. The molecule has 1 aliphatic rings. The molecule has 0 unspecified atom stereocenters. The molecule has 26 heavy (non-hydrogen) atoms. The van der Waals surface area contributed by atoms with Crippen LogP contribution in [0, 0.1) is 0 Å². The number of methoxy groups -OCH3 is 2. The quantitative estimate of drug-likeness (QED) is 0.372. The average Bonchev–Trinajstić information content (AvgIpc) is 2.66. The van der Waals surface area contributed by atoms with E-state index in [1.807, 2.05) is 12.1 Å². The summed E-state index contributed by atoms with van der Waals surface area (Å²) in [5, 5.41) is 3.37. The molecule has 0 saturated carbocycles. The van der Waals surface area contributed by atoms with Gasteiger partial charge in [-0.2, -0.15) is 0 Å². The summed E-state index contributed by atoms with van der Waals surface area (Å²) in [5.74, 6) is 1.76. The molecule has 6 nitrogen and oxygen atoms in total. The lowest BCUT2D eigenvalue weighted by molar-refractivity contribution is -0.0829. The van der Waals surface area contributed by atoms with Crippen LogP contribution in [0.4, 0.5) is 0 Å². The third-order valence-electron chi connectivity index (χ3n) is 4.63. The smallest absolute Gasteiger partial charge is 0.194 e. The molecule has 0 amide bonds. The number of nitrogens with one attached hydrogen (secondary N) is 1. The van der Waals surface area contributed by atoms with Gasteiger partial charge in [-0.3, -0.25) is 4.99 Å². The molecule has 0 bridgehead atoms. The van der Waals surface area contributed by atoms with E-state index in [4.69, 9.17) is 19.2 Å². The zero-order valence-electron chi connectivity index (χ0n) is 16.3. The topological polar surface area (TPSA) is 55.3 Å². The highest BCUT2D eigenvalue weighted by Crippen LogP contribution is 2.24. The normalized spacial score (nSPS) is 16.5. The van der Waals surface area contributed by atoms with Gasteiger partial charge in [-0.05, 0) is 24.6 Å². The molecule has 0 aliphatic carbocycles. The van der Waals surface area contributed by atoms with Crippen LogP contribution in [0.25, 0.3) is 0 Å². The molecule has 1 saturated heterocycles. The summed E-state index contributed by atoms with van der Waals surface area (Å²) in [6.07, 6.45) is 1.77. The maximum absolute atomic E-state index is 5.78. The van der Waals surface area contributed by atoms with Crippen LogP contribution in [-0.4, -0.2) is 64.0 Å². The number of hydrogen-bond acceptors (Lipinski definition) is 4. The van der Waals surface area contributed by atoms with Crippen LogP contribution < -0.4 is 10.1 Å². The third-order valence-corrected chi connectivity index (χ3v) is 4.63. The SMILES string of the molecule is CCNC(=NCC1(OC)CCOCC1)N(C)Cc1ccc(OC)cc1.I. The van der Waals surface area contributed by atoms with Crippen LogP contribution >= 0.6 is 24.0 Å².